The van der Waals surface area contributed by atoms with Crippen molar-refractivity contribution in [1.82, 2.24) is 19.5 Å². The summed E-state index contributed by atoms with van der Waals surface area (Å²) in [7, 11) is 1.50. The lowest BCUT2D eigenvalue weighted by Crippen LogP contribution is -2.46. The molecule has 1 amide bonds. The number of hydrogen-bond donors (Lipinski definition) is 4. The van der Waals surface area contributed by atoms with E-state index < -0.39 is 0 Å². The van der Waals surface area contributed by atoms with Crippen molar-refractivity contribution >= 4 is 48.9 Å². The largest absolute Gasteiger partial charge is 0.491 e. The Morgan fingerprint density at radius 1 is 1.17 bits per heavy atom. The van der Waals surface area contributed by atoms with Crippen LogP contribution in [0.5, 0.6) is 5.75 Å². The number of primary amides is 1. The monoisotopic (exact) mass is 704 g/mol. The predicted octanol–water partition coefficient (Wildman–Crippen LogP) is 4.02. The molecule has 2 fully saturated rings. The van der Waals surface area contributed by atoms with Crippen molar-refractivity contribution in [3.05, 3.63) is 57.7 Å². The lowest BCUT2D eigenvalue weighted by Gasteiger charge is -2.38. The van der Waals surface area contributed by atoms with Gasteiger partial charge in [0.15, 0.2) is 6.29 Å². The molecule has 0 aliphatic carbocycles. The van der Waals surface area contributed by atoms with E-state index in [-0.39, 0.29) is 12.5 Å². The van der Waals surface area contributed by atoms with E-state index in [0.29, 0.717) is 48.4 Å². The number of carbonyl (C=O) groups excluding carboxylic acids is 2. The van der Waals surface area contributed by atoms with Crippen molar-refractivity contribution in [1.29, 1.82) is 0 Å². The molecule has 1 aromatic carbocycles. The van der Waals surface area contributed by atoms with Gasteiger partial charge in [-0.2, -0.15) is 0 Å². The highest BCUT2D eigenvalue weighted by atomic mass is 35.5. The minimum atomic E-state index is -0.0676. The number of ether oxygens (including phenoxy) is 2. The molecule has 2 saturated heterocycles. The number of morpholine rings is 1. The Labute approximate surface area is 296 Å². The summed E-state index contributed by atoms with van der Waals surface area (Å²) in [5.41, 5.74) is 9.18. The third kappa shape index (κ3) is 14.5. The third-order valence-corrected chi connectivity index (χ3v) is 9.74. The first-order chi connectivity index (χ1) is 23.4. The average molecular weight is 705 g/mol. The Morgan fingerprint density at radius 2 is 1.88 bits per heavy atom. The number of aldehydes is 1. The second kappa shape index (κ2) is 24.5. The van der Waals surface area contributed by atoms with Gasteiger partial charge in [-0.15, -0.1) is 0 Å². The molecule has 4 rings (SSSR count). The maximum Gasteiger partial charge on any atom is 0.204 e. The van der Waals surface area contributed by atoms with Crippen LogP contribution < -0.4 is 32.1 Å². The van der Waals surface area contributed by atoms with Crippen molar-refractivity contribution in [3.63, 3.8) is 0 Å². The van der Waals surface area contributed by atoms with Crippen LogP contribution >= 0.6 is 23.5 Å². The van der Waals surface area contributed by atoms with Crippen LogP contribution in [-0.2, 0) is 9.53 Å². The summed E-state index contributed by atoms with van der Waals surface area (Å²) in [6.45, 7) is 14.3. The number of nitrogens with two attached hydrogens (primary N) is 2. The number of piperidine rings is 1. The fraction of sp³-hybridized carbons (Fsp3) is 0.556. The number of nitrogens with one attached hydrogen (secondary N) is 2. The van der Waals surface area contributed by atoms with Gasteiger partial charge in [-0.1, -0.05) is 75.6 Å². The SMILES string of the molecule is C=c1[nH]c(C=O)c(SN2CCOC(COc3ccccc3)C2)/c1=C/C(Cl)=C\CNC1CCN(C(CCC)CCCC)CC1.CN.NC=O. The molecule has 1 aromatic heterocycles. The molecule has 2 unspecified atom stereocenters. The highest BCUT2D eigenvalue weighted by Crippen LogP contribution is 2.25. The molecule has 12 heteroatoms. The van der Waals surface area contributed by atoms with Gasteiger partial charge in [0.2, 0.25) is 6.41 Å². The first-order valence-electron chi connectivity index (χ1n) is 17.1. The summed E-state index contributed by atoms with van der Waals surface area (Å²) < 4.78 is 14.1. The summed E-state index contributed by atoms with van der Waals surface area (Å²) in [6, 6.07) is 11.0. The van der Waals surface area contributed by atoms with Crippen molar-refractivity contribution in [2.45, 2.75) is 81.9 Å². The summed E-state index contributed by atoms with van der Waals surface area (Å²) in [5.74, 6) is 0.827. The number of aromatic nitrogens is 1. The molecule has 2 atom stereocenters. The Bertz CT molecular complexity index is 1320. The van der Waals surface area contributed by atoms with Gasteiger partial charge in [0.05, 0.1) is 17.2 Å². The number of hydrogen-bond acceptors (Lipinski definition) is 9. The van der Waals surface area contributed by atoms with E-state index in [0.717, 1.165) is 34.7 Å². The van der Waals surface area contributed by atoms with Crippen LogP contribution in [0, 0.1) is 0 Å². The quantitative estimate of drug-likeness (QED) is 0.151. The van der Waals surface area contributed by atoms with Crippen molar-refractivity contribution in [2.75, 3.05) is 53.0 Å². The number of rotatable bonds is 16. The summed E-state index contributed by atoms with van der Waals surface area (Å²) in [4.78, 5) is 27.2. The number of unbranched alkanes of at least 4 members (excludes halogenated alkanes) is 1. The number of benzene rings is 1. The predicted molar refractivity (Wildman–Crippen MR) is 200 cm³/mol. The van der Waals surface area contributed by atoms with E-state index in [1.807, 2.05) is 42.5 Å². The first-order valence-corrected chi connectivity index (χ1v) is 18.2. The number of amides is 1. The lowest BCUT2D eigenvalue weighted by molar-refractivity contribution is -0.106. The molecule has 0 radical (unpaired) electrons. The number of halogens is 1. The van der Waals surface area contributed by atoms with Gasteiger partial charge in [-0.05, 0) is 76.0 Å². The van der Waals surface area contributed by atoms with E-state index in [4.69, 9.17) is 25.9 Å². The molecule has 268 valence electrons. The Balaban J connectivity index is 0.00000151. The highest BCUT2D eigenvalue weighted by Gasteiger charge is 2.25. The van der Waals surface area contributed by atoms with Crippen molar-refractivity contribution in [2.24, 2.45) is 11.5 Å². The molecule has 2 aliphatic rings. The number of allylic oxidation sites excluding steroid dienone is 1. The number of para-hydroxylation sites is 1. The van der Waals surface area contributed by atoms with E-state index >= 15 is 0 Å². The van der Waals surface area contributed by atoms with Gasteiger partial charge in [-0.3, -0.25) is 9.59 Å². The maximum absolute atomic E-state index is 11.9. The highest BCUT2D eigenvalue weighted by molar-refractivity contribution is 7.97. The van der Waals surface area contributed by atoms with Crippen LogP contribution in [0.1, 0.15) is 69.3 Å². The lowest BCUT2D eigenvalue weighted by atomic mass is 9.98. The average Bonchev–Trinajstić information content (AvgIpc) is 3.40. The van der Waals surface area contributed by atoms with Crippen molar-refractivity contribution < 1.29 is 19.1 Å². The van der Waals surface area contributed by atoms with Crippen LogP contribution in [0.4, 0.5) is 0 Å². The van der Waals surface area contributed by atoms with Gasteiger partial charge < -0.3 is 36.1 Å². The van der Waals surface area contributed by atoms with Crippen LogP contribution in [0.2, 0.25) is 0 Å². The van der Waals surface area contributed by atoms with Gasteiger partial charge in [0.1, 0.15) is 18.5 Å². The molecular formula is C36H57ClN6O4S. The van der Waals surface area contributed by atoms with Gasteiger partial charge >= 0.3 is 0 Å². The molecule has 0 saturated carbocycles. The number of nitrogens with zero attached hydrogens (tertiary/aromatic N) is 2. The zero-order chi connectivity index (χ0) is 35.1. The minimum absolute atomic E-state index is 0.0676. The fourth-order valence-corrected chi connectivity index (χ4v) is 7.21. The maximum atomic E-state index is 11.9. The standard InChI is InChI=1S/C34H49ClN4O3S.CH3NO.CH5N/c1-4-6-11-29(10-5-2)38-18-15-28(16-19-38)36-17-14-27(35)22-32-26(3)37-33(24-40)34(32)43-39-20-21-41-31(23-39)25-42-30-12-8-7-9-13-30;2-1-3;1-2/h7-9,12-14,22,24,28-29,31,36-37H,3-6,10-11,15-21,23,25H2,1-2H3;1H,(H2,2,3);2H2,1H3/b27-14+,32-22+;;. The van der Waals surface area contributed by atoms with Gasteiger partial charge in [-0.25, -0.2) is 4.31 Å². The van der Waals surface area contributed by atoms with E-state index in [9.17, 15) is 4.79 Å². The topological polar surface area (TPSA) is 139 Å². The molecule has 6 N–H and O–H groups in total. The molecule has 48 heavy (non-hydrogen) atoms. The summed E-state index contributed by atoms with van der Waals surface area (Å²) in [6.07, 6.45) is 13.8. The van der Waals surface area contributed by atoms with E-state index in [1.165, 1.54) is 65.1 Å². The van der Waals surface area contributed by atoms with Crippen LogP contribution in [0.25, 0.3) is 12.7 Å². The second-order valence-corrected chi connectivity index (χ2v) is 13.2. The number of carbonyl (C=O) groups is 2. The summed E-state index contributed by atoms with van der Waals surface area (Å²) >= 11 is 8.26. The number of H-pyrrole nitrogens is 1. The van der Waals surface area contributed by atoms with Crippen LogP contribution in [0.3, 0.4) is 0 Å². The van der Waals surface area contributed by atoms with Gasteiger partial charge in [0, 0.05) is 47.3 Å². The number of likely N-dealkylation sites (tertiary alicyclic amines) is 1. The Hall–Kier alpha value is -2.64. The van der Waals surface area contributed by atoms with Crippen LogP contribution in [-0.4, -0.2) is 98.1 Å². The van der Waals surface area contributed by atoms with Crippen molar-refractivity contribution in [3.8, 4) is 5.75 Å². The van der Waals surface area contributed by atoms with E-state index in [1.54, 1.807) is 11.9 Å². The van der Waals surface area contributed by atoms with Gasteiger partial charge in [0.25, 0.3) is 0 Å². The molecule has 0 bridgehead atoms. The third-order valence-electron chi connectivity index (χ3n) is 8.26. The second-order valence-electron chi connectivity index (χ2n) is 11.6. The normalized spacial score (nSPS) is 18.6. The fourth-order valence-electron chi connectivity index (χ4n) is 5.88. The summed E-state index contributed by atoms with van der Waals surface area (Å²) in [5, 5.41) is 5.84. The molecule has 2 aromatic rings. The molecule has 0 spiro atoms. The number of aromatic amines is 1. The zero-order valence-corrected chi connectivity index (χ0v) is 30.6. The Morgan fingerprint density at radius 3 is 2.52 bits per heavy atom. The minimum Gasteiger partial charge on any atom is -0.491 e. The molecule has 2 aliphatic heterocycles. The molecule has 10 nitrogen and oxygen atoms in total. The molecular weight excluding hydrogens is 648 g/mol. The van der Waals surface area contributed by atoms with Crippen LogP contribution in [0.15, 0.2) is 46.3 Å². The zero-order valence-electron chi connectivity index (χ0n) is 29.0. The Kier molecular flexibility index (Phi) is 21.2. The first kappa shape index (κ1) is 41.5. The van der Waals surface area contributed by atoms with E-state index in [2.05, 4.69) is 51.4 Å². The molecule has 3 heterocycles. The smallest absolute Gasteiger partial charge is 0.204 e.